The maximum Gasteiger partial charge on any atom is 0.252 e. The van der Waals surface area contributed by atoms with Gasteiger partial charge >= 0.3 is 0 Å². The highest BCUT2D eigenvalue weighted by Gasteiger charge is 2.54. The maximum atomic E-state index is 14.4. The van der Waals surface area contributed by atoms with Gasteiger partial charge in [0.25, 0.3) is 5.91 Å². The average molecular weight is 686 g/mol. The quantitative estimate of drug-likeness (QED) is 0.161. The number of nitrogens with one attached hydrogen (secondary N) is 1. The Labute approximate surface area is 267 Å². The fraction of sp³-hybridized carbons (Fsp3) is 0.212. The summed E-state index contributed by atoms with van der Waals surface area (Å²) in [5.74, 6) is 0.0718. The molecule has 4 aromatic carbocycles. The van der Waals surface area contributed by atoms with E-state index >= 15 is 0 Å². The first-order chi connectivity index (χ1) is 20.8. The second kappa shape index (κ2) is 13.9. The molecule has 0 aliphatic carbocycles. The zero-order chi connectivity index (χ0) is 30.4. The van der Waals surface area contributed by atoms with Crippen LogP contribution in [-0.4, -0.2) is 35.7 Å². The molecule has 0 fully saturated rings. The number of halogens is 4. The molecule has 4 aromatic rings. The molecule has 0 spiro atoms. The van der Waals surface area contributed by atoms with Gasteiger partial charge in [-0.3, -0.25) is 4.79 Å². The van der Waals surface area contributed by atoms with Crippen molar-refractivity contribution in [2.45, 2.75) is 31.0 Å². The summed E-state index contributed by atoms with van der Waals surface area (Å²) in [7, 11) is 0. The standard InChI is InChI=1S/C33H28BrCl2FN2O4/c34-28-8-2-1-6-23(28)19-33(32(41)38-20-21-5-3-7-25(37)17-21)30(27-14-11-24(35)18-29(27)36)43-31(39-33)22-9-12-26(13-10-22)42-16-4-15-40/h1-3,5-14,17-18,30,40H,4,15-16,19-20H2,(H,38,41)/t30-,33-/m1/s1. The molecule has 43 heavy (non-hydrogen) atoms. The summed E-state index contributed by atoms with van der Waals surface area (Å²) in [6.45, 7) is 0.503. The number of rotatable bonds is 11. The molecule has 6 nitrogen and oxygen atoms in total. The lowest BCUT2D eigenvalue weighted by molar-refractivity contribution is -0.129. The van der Waals surface area contributed by atoms with Crippen LogP contribution >= 0.6 is 39.1 Å². The fourth-order valence-corrected chi connectivity index (χ4v) is 5.82. The summed E-state index contributed by atoms with van der Waals surface area (Å²) in [5, 5.41) is 12.8. The van der Waals surface area contributed by atoms with E-state index in [1.807, 2.05) is 24.3 Å². The molecule has 0 saturated heterocycles. The normalized spacial score (nSPS) is 17.7. The minimum atomic E-state index is -1.50. The van der Waals surface area contributed by atoms with Crippen molar-refractivity contribution in [2.75, 3.05) is 13.2 Å². The molecule has 222 valence electrons. The van der Waals surface area contributed by atoms with E-state index in [-0.39, 0.29) is 25.5 Å². The molecule has 1 aliphatic rings. The Kier molecular flexibility index (Phi) is 10.0. The number of aliphatic imine (C=N–C) groups is 1. The molecule has 1 heterocycles. The molecular weight excluding hydrogens is 658 g/mol. The van der Waals surface area contributed by atoms with Gasteiger partial charge < -0.3 is 19.9 Å². The molecule has 2 atom stereocenters. The van der Waals surface area contributed by atoms with Gasteiger partial charge in [0.2, 0.25) is 5.90 Å². The second-order valence-corrected chi connectivity index (χ2v) is 11.7. The van der Waals surface area contributed by atoms with E-state index in [2.05, 4.69) is 21.2 Å². The Morgan fingerprint density at radius 3 is 2.56 bits per heavy atom. The van der Waals surface area contributed by atoms with Gasteiger partial charge in [0, 0.05) is 51.6 Å². The SMILES string of the molecule is O=C(NCc1cccc(F)c1)[C@]1(Cc2ccccc2Br)N=C(c2ccc(OCCCO)cc2)O[C@@H]1c1ccc(Cl)cc1Cl. The van der Waals surface area contributed by atoms with Crippen molar-refractivity contribution in [3.05, 3.63) is 134 Å². The number of carbonyl (C=O) groups excluding carboxylic acids is 1. The van der Waals surface area contributed by atoms with Crippen LogP contribution in [0.2, 0.25) is 10.0 Å². The summed E-state index contributed by atoms with van der Waals surface area (Å²) in [6.07, 6.45) is -0.241. The second-order valence-electron chi connectivity index (χ2n) is 10.0. The van der Waals surface area contributed by atoms with Gasteiger partial charge in [0.05, 0.1) is 6.61 Å². The van der Waals surface area contributed by atoms with Gasteiger partial charge in [0.15, 0.2) is 11.6 Å². The van der Waals surface area contributed by atoms with Crippen LogP contribution in [0, 0.1) is 5.82 Å². The Balaban J connectivity index is 1.59. The Hall–Kier alpha value is -3.43. The van der Waals surface area contributed by atoms with E-state index in [1.54, 1.807) is 54.6 Å². The fourth-order valence-electron chi connectivity index (χ4n) is 4.89. The number of benzene rings is 4. The van der Waals surface area contributed by atoms with Crippen LogP contribution in [0.1, 0.15) is 34.8 Å². The zero-order valence-corrected chi connectivity index (χ0v) is 26.0. The first-order valence-corrected chi connectivity index (χ1v) is 15.2. The summed E-state index contributed by atoms with van der Waals surface area (Å²) in [5.41, 5.74) is 1.11. The molecule has 2 N–H and O–H groups in total. The average Bonchev–Trinajstić information content (AvgIpc) is 3.38. The first-order valence-electron chi connectivity index (χ1n) is 13.6. The van der Waals surface area contributed by atoms with E-state index in [0.717, 1.165) is 10.0 Å². The minimum Gasteiger partial charge on any atom is -0.494 e. The number of amides is 1. The summed E-state index contributed by atoms with van der Waals surface area (Å²) < 4.78 is 26.9. The highest BCUT2D eigenvalue weighted by molar-refractivity contribution is 9.10. The monoisotopic (exact) mass is 684 g/mol. The first kappa shape index (κ1) is 31.0. The van der Waals surface area contributed by atoms with E-state index in [0.29, 0.717) is 45.5 Å². The van der Waals surface area contributed by atoms with Crippen molar-refractivity contribution < 1.29 is 23.8 Å². The Bertz CT molecular complexity index is 1640. The molecule has 10 heteroatoms. The highest BCUT2D eigenvalue weighted by Crippen LogP contribution is 2.45. The predicted molar refractivity (Wildman–Crippen MR) is 169 cm³/mol. The maximum absolute atomic E-state index is 14.4. The topological polar surface area (TPSA) is 80.2 Å². The number of nitrogens with zero attached hydrogens (tertiary/aromatic N) is 1. The van der Waals surface area contributed by atoms with Gasteiger partial charge in [-0.1, -0.05) is 75.5 Å². The lowest BCUT2D eigenvalue weighted by Crippen LogP contribution is -2.49. The number of carbonyl (C=O) groups is 1. The van der Waals surface area contributed by atoms with Crippen LogP contribution in [-0.2, 0) is 22.5 Å². The van der Waals surface area contributed by atoms with Crippen molar-refractivity contribution in [3.8, 4) is 5.75 Å². The van der Waals surface area contributed by atoms with Crippen LogP contribution in [0.3, 0.4) is 0 Å². The van der Waals surface area contributed by atoms with Gasteiger partial charge in [-0.15, -0.1) is 0 Å². The Morgan fingerprint density at radius 1 is 1.05 bits per heavy atom. The number of hydrogen-bond donors (Lipinski definition) is 2. The number of ether oxygens (including phenoxy) is 2. The molecule has 0 radical (unpaired) electrons. The van der Waals surface area contributed by atoms with E-state index in [1.165, 1.54) is 12.1 Å². The van der Waals surface area contributed by atoms with Crippen LogP contribution in [0.4, 0.5) is 4.39 Å². The lowest BCUT2D eigenvalue weighted by atomic mass is 9.82. The molecular formula is C33H28BrCl2FN2O4. The highest BCUT2D eigenvalue weighted by atomic mass is 79.9. The summed E-state index contributed by atoms with van der Waals surface area (Å²) >= 11 is 16.6. The third kappa shape index (κ3) is 7.21. The van der Waals surface area contributed by atoms with Crippen molar-refractivity contribution in [3.63, 3.8) is 0 Å². The molecule has 0 unspecified atom stereocenters. The largest absolute Gasteiger partial charge is 0.494 e. The van der Waals surface area contributed by atoms with Crippen molar-refractivity contribution >= 4 is 50.9 Å². The zero-order valence-electron chi connectivity index (χ0n) is 22.9. The molecule has 5 rings (SSSR count). The lowest BCUT2D eigenvalue weighted by Gasteiger charge is -2.31. The van der Waals surface area contributed by atoms with Gasteiger partial charge in [-0.2, -0.15) is 0 Å². The van der Waals surface area contributed by atoms with Crippen LogP contribution < -0.4 is 10.1 Å². The van der Waals surface area contributed by atoms with E-state index in [4.69, 9.17) is 42.8 Å². The van der Waals surface area contributed by atoms with E-state index < -0.39 is 23.4 Å². The molecule has 0 aromatic heterocycles. The number of aliphatic hydroxyl groups is 1. The summed E-state index contributed by atoms with van der Waals surface area (Å²) in [4.78, 5) is 19.4. The van der Waals surface area contributed by atoms with Gasteiger partial charge in [-0.05, 0) is 65.7 Å². The van der Waals surface area contributed by atoms with Crippen LogP contribution in [0.25, 0.3) is 0 Å². The third-order valence-corrected chi connectivity index (χ3v) is 8.37. The van der Waals surface area contributed by atoms with Gasteiger partial charge in [0.1, 0.15) is 11.6 Å². The number of hydrogen-bond acceptors (Lipinski definition) is 5. The van der Waals surface area contributed by atoms with Crippen molar-refractivity contribution in [2.24, 2.45) is 4.99 Å². The molecule has 1 aliphatic heterocycles. The van der Waals surface area contributed by atoms with Crippen molar-refractivity contribution in [1.29, 1.82) is 0 Å². The van der Waals surface area contributed by atoms with Crippen molar-refractivity contribution in [1.82, 2.24) is 5.32 Å². The molecule has 0 bridgehead atoms. The summed E-state index contributed by atoms with van der Waals surface area (Å²) in [6, 6.07) is 25.8. The smallest absolute Gasteiger partial charge is 0.252 e. The Morgan fingerprint density at radius 2 is 1.84 bits per heavy atom. The van der Waals surface area contributed by atoms with E-state index in [9.17, 15) is 9.18 Å². The molecule has 1 amide bonds. The minimum absolute atomic E-state index is 0.0399. The predicted octanol–water partition coefficient (Wildman–Crippen LogP) is 7.47. The van der Waals surface area contributed by atoms with Gasteiger partial charge in [-0.25, -0.2) is 9.38 Å². The number of aliphatic hydroxyl groups excluding tert-OH is 1. The third-order valence-electron chi connectivity index (χ3n) is 7.03. The molecule has 0 saturated carbocycles. The van der Waals surface area contributed by atoms with Crippen LogP contribution in [0.15, 0.2) is 100 Å². The van der Waals surface area contributed by atoms with Crippen LogP contribution in [0.5, 0.6) is 5.75 Å².